The van der Waals surface area contributed by atoms with Gasteiger partial charge in [0, 0.05) is 12.6 Å². The molecule has 5 heteroatoms. The Morgan fingerprint density at radius 3 is 2.59 bits per heavy atom. The first-order valence-electron chi connectivity index (χ1n) is 9.90. The maximum atomic E-state index is 5.68. The predicted molar refractivity (Wildman–Crippen MR) is 103 cm³/mol. The third-order valence-corrected chi connectivity index (χ3v) is 5.84. The van der Waals surface area contributed by atoms with Crippen LogP contribution in [0.25, 0.3) is 5.65 Å². The molecule has 140 valence electrons. The van der Waals surface area contributed by atoms with Crippen LogP contribution in [0.1, 0.15) is 48.2 Å². The van der Waals surface area contributed by atoms with E-state index in [1.165, 1.54) is 16.7 Å². The normalized spacial score (nSPS) is 19.4. The lowest BCUT2D eigenvalue weighted by Crippen LogP contribution is -2.25. The molecule has 0 amide bonds. The highest BCUT2D eigenvalue weighted by Gasteiger charge is 2.49. The summed E-state index contributed by atoms with van der Waals surface area (Å²) in [5.74, 6) is 1.06. The fourth-order valence-corrected chi connectivity index (χ4v) is 4.11. The van der Waals surface area contributed by atoms with E-state index in [0.717, 1.165) is 56.8 Å². The van der Waals surface area contributed by atoms with Crippen LogP contribution in [0.2, 0.25) is 0 Å². The lowest BCUT2D eigenvalue weighted by Gasteiger charge is -2.23. The zero-order valence-corrected chi connectivity index (χ0v) is 15.7. The molecule has 2 aliphatic rings. The molecule has 0 bridgehead atoms. The number of ether oxygens (including phenoxy) is 2. The summed E-state index contributed by atoms with van der Waals surface area (Å²) in [6.07, 6.45) is 6.98. The lowest BCUT2D eigenvalue weighted by molar-refractivity contribution is -0.180. The molecule has 1 aromatic carbocycles. The summed E-state index contributed by atoms with van der Waals surface area (Å²) in [6.45, 7) is 3.72. The Hall–Kier alpha value is -2.24. The van der Waals surface area contributed by atoms with Crippen LogP contribution in [-0.2, 0) is 21.3 Å². The summed E-state index contributed by atoms with van der Waals surface area (Å²) in [6, 6.07) is 13.1. The first-order valence-corrected chi connectivity index (χ1v) is 9.90. The van der Waals surface area contributed by atoms with E-state index < -0.39 is 0 Å². The molecule has 2 fully saturated rings. The van der Waals surface area contributed by atoms with Crippen LogP contribution in [-0.4, -0.2) is 34.1 Å². The van der Waals surface area contributed by atoms with E-state index in [2.05, 4.69) is 64.1 Å². The highest BCUT2D eigenvalue weighted by molar-refractivity contribution is 5.51. The van der Waals surface area contributed by atoms with E-state index in [4.69, 9.17) is 9.47 Å². The summed E-state index contributed by atoms with van der Waals surface area (Å²) in [4.78, 5) is 0. The van der Waals surface area contributed by atoms with Gasteiger partial charge in [-0.15, -0.1) is 10.2 Å². The van der Waals surface area contributed by atoms with Crippen LogP contribution in [0.15, 0.2) is 42.6 Å². The molecule has 2 aromatic heterocycles. The van der Waals surface area contributed by atoms with Crippen molar-refractivity contribution in [3.63, 3.8) is 0 Å². The molecule has 27 heavy (non-hydrogen) atoms. The third kappa shape index (κ3) is 3.05. The maximum absolute atomic E-state index is 5.68. The van der Waals surface area contributed by atoms with Crippen molar-refractivity contribution in [2.24, 2.45) is 0 Å². The van der Waals surface area contributed by atoms with Crippen LogP contribution in [0, 0.1) is 6.92 Å². The fraction of sp³-hybridized carbons (Fsp3) is 0.455. The second kappa shape index (κ2) is 6.73. The van der Waals surface area contributed by atoms with Crippen molar-refractivity contribution in [2.75, 3.05) is 13.2 Å². The number of hydrogen-bond donors (Lipinski definition) is 0. The number of hydrogen-bond acceptors (Lipinski definition) is 4. The summed E-state index contributed by atoms with van der Waals surface area (Å²) < 4.78 is 13.6. The van der Waals surface area contributed by atoms with Gasteiger partial charge in [-0.05, 0) is 49.8 Å². The Kier molecular flexibility index (Phi) is 4.21. The second-order valence-electron chi connectivity index (χ2n) is 7.76. The molecule has 3 heterocycles. The number of rotatable bonds is 5. The van der Waals surface area contributed by atoms with E-state index in [9.17, 15) is 0 Å². The monoisotopic (exact) mass is 363 g/mol. The van der Waals surface area contributed by atoms with E-state index in [1.54, 1.807) is 0 Å². The number of nitrogens with zero attached hydrogens (tertiary/aromatic N) is 3. The number of pyridine rings is 1. The minimum Gasteiger partial charge on any atom is -0.353 e. The van der Waals surface area contributed by atoms with Crippen molar-refractivity contribution in [3.8, 4) is 0 Å². The van der Waals surface area contributed by atoms with Crippen LogP contribution in [0.4, 0.5) is 0 Å². The van der Waals surface area contributed by atoms with Crippen molar-refractivity contribution in [3.05, 3.63) is 65.1 Å². The number of benzene rings is 1. The summed E-state index contributed by atoms with van der Waals surface area (Å²) in [5.41, 5.74) is 4.81. The first kappa shape index (κ1) is 16.9. The van der Waals surface area contributed by atoms with Gasteiger partial charge >= 0.3 is 0 Å². The van der Waals surface area contributed by atoms with E-state index in [1.807, 2.05) is 0 Å². The first-order chi connectivity index (χ1) is 13.3. The number of aromatic nitrogens is 3. The Morgan fingerprint density at radius 2 is 1.85 bits per heavy atom. The van der Waals surface area contributed by atoms with Crippen LogP contribution < -0.4 is 0 Å². The van der Waals surface area contributed by atoms with Gasteiger partial charge in [0.05, 0.1) is 18.6 Å². The predicted octanol–water partition coefficient (Wildman–Crippen LogP) is 3.81. The molecule has 0 N–H and O–H groups in total. The maximum Gasteiger partial charge on any atom is 0.164 e. The molecule has 0 spiro atoms. The van der Waals surface area contributed by atoms with Gasteiger partial charge in [-0.2, -0.15) is 0 Å². The largest absolute Gasteiger partial charge is 0.353 e. The highest BCUT2D eigenvalue weighted by Crippen LogP contribution is 2.52. The standard InChI is InChI=1S/C22H25N3O2/c1-16-5-8-18(9-6-16)22(11-12-22)21-24-23-20-17(4-2-13-25(20)21)7-10-19-26-14-3-15-27-19/h2,4-6,8-9,13,19H,3,7,10-12,14-15H2,1H3. The zero-order valence-electron chi connectivity index (χ0n) is 15.7. The van der Waals surface area contributed by atoms with Crippen molar-refractivity contribution < 1.29 is 9.47 Å². The van der Waals surface area contributed by atoms with Crippen molar-refractivity contribution >= 4 is 5.65 Å². The molecule has 3 aromatic rings. The van der Waals surface area contributed by atoms with Gasteiger partial charge in [-0.25, -0.2) is 0 Å². The molecule has 0 radical (unpaired) electrons. The number of fused-ring (bicyclic) bond motifs is 1. The molecule has 5 nitrogen and oxygen atoms in total. The molecular weight excluding hydrogens is 338 g/mol. The molecule has 1 saturated heterocycles. The number of aryl methyl sites for hydroxylation is 2. The molecule has 1 aliphatic heterocycles. The minimum atomic E-state index is -0.0938. The Balaban J connectivity index is 1.44. The Labute approximate surface area is 159 Å². The Morgan fingerprint density at radius 1 is 1.07 bits per heavy atom. The molecule has 0 atom stereocenters. The second-order valence-corrected chi connectivity index (χ2v) is 7.76. The molecule has 5 rings (SSSR count). The van der Waals surface area contributed by atoms with Gasteiger partial charge in [-0.1, -0.05) is 35.9 Å². The average molecular weight is 363 g/mol. The van der Waals surface area contributed by atoms with Crippen molar-refractivity contribution in [1.29, 1.82) is 0 Å². The van der Waals surface area contributed by atoms with Crippen LogP contribution in [0.5, 0.6) is 0 Å². The molecule has 1 aliphatic carbocycles. The molecule has 1 saturated carbocycles. The zero-order chi connectivity index (χ0) is 18.3. The van der Waals surface area contributed by atoms with Gasteiger partial charge < -0.3 is 9.47 Å². The topological polar surface area (TPSA) is 48.7 Å². The minimum absolute atomic E-state index is 0.0152. The van der Waals surface area contributed by atoms with E-state index in [-0.39, 0.29) is 11.7 Å². The quantitative estimate of drug-likeness (QED) is 0.692. The average Bonchev–Trinajstić information content (AvgIpc) is 3.39. The fourth-order valence-electron chi connectivity index (χ4n) is 4.11. The van der Waals surface area contributed by atoms with Crippen molar-refractivity contribution in [1.82, 2.24) is 14.6 Å². The summed E-state index contributed by atoms with van der Waals surface area (Å²) in [7, 11) is 0. The van der Waals surface area contributed by atoms with Gasteiger partial charge in [0.2, 0.25) is 0 Å². The summed E-state index contributed by atoms with van der Waals surface area (Å²) >= 11 is 0. The molecular formula is C22H25N3O2. The smallest absolute Gasteiger partial charge is 0.164 e. The van der Waals surface area contributed by atoms with Gasteiger partial charge in [-0.3, -0.25) is 4.40 Å². The van der Waals surface area contributed by atoms with Crippen molar-refractivity contribution in [2.45, 2.75) is 50.7 Å². The summed E-state index contributed by atoms with van der Waals surface area (Å²) in [5, 5.41) is 9.20. The van der Waals surface area contributed by atoms with Gasteiger partial charge in [0.15, 0.2) is 11.9 Å². The van der Waals surface area contributed by atoms with Gasteiger partial charge in [0.25, 0.3) is 0 Å². The van der Waals surface area contributed by atoms with Crippen LogP contribution in [0.3, 0.4) is 0 Å². The third-order valence-electron chi connectivity index (χ3n) is 5.84. The molecule has 0 unspecified atom stereocenters. The van der Waals surface area contributed by atoms with E-state index >= 15 is 0 Å². The van der Waals surface area contributed by atoms with Crippen LogP contribution >= 0.6 is 0 Å². The van der Waals surface area contributed by atoms with Gasteiger partial charge in [0.1, 0.15) is 5.82 Å². The SMILES string of the molecule is Cc1ccc(C2(c3nnc4c(CCC5OCCCO5)cccn34)CC2)cc1. The van der Waals surface area contributed by atoms with E-state index in [0.29, 0.717) is 0 Å². The highest BCUT2D eigenvalue weighted by atomic mass is 16.7. The Bertz CT molecular complexity index is 938. The lowest BCUT2D eigenvalue weighted by atomic mass is 9.94.